The lowest BCUT2D eigenvalue weighted by molar-refractivity contribution is 0.0897. The second kappa shape index (κ2) is 6.53. The Morgan fingerprint density at radius 1 is 1.56 bits per heavy atom. The quantitative estimate of drug-likeness (QED) is 0.805. The largest absolute Gasteiger partial charge is 0.347 e. The molecular formula is C13H16BrClFNO. The highest BCUT2D eigenvalue weighted by Crippen LogP contribution is 2.19. The number of halogens is 3. The summed E-state index contributed by atoms with van der Waals surface area (Å²) >= 11 is 8.87. The number of amides is 1. The summed E-state index contributed by atoms with van der Waals surface area (Å²) in [7, 11) is 0. The highest BCUT2D eigenvalue weighted by molar-refractivity contribution is 9.10. The van der Waals surface area contributed by atoms with Crippen LogP contribution in [0, 0.1) is 5.82 Å². The Morgan fingerprint density at radius 2 is 2.22 bits per heavy atom. The van der Waals surface area contributed by atoms with Gasteiger partial charge in [0.05, 0.1) is 5.56 Å². The average molecular weight is 337 g/mol. The maximum absolute atomic E-state index is 13.6. The number of nitrogens with one attached hydrogen (secondary N) is 1. The molecule has 1 rings (SSSR count). The first-order chi connectivity index (χ1) is 8.41. The van der Waals surface area contributed by atoms with E-state index in [1.165, 1.54) is 12.1 Å². The molecule has 1 aromatic carbocycles. The molecule has 0 radical (unpaired) electrons. The summed E-state index contributed by atoms with van der Waals surface area (Å²) in [5.41, 5.74) is -0.356. The first-order valence-corrected chi connectivity index (χ1v) is 7.08. The van der Waals surface area contributed by atoms with Gasteiger partial charge in [0.1, 0.15) is 5.82 Å². The van der Waals surface area contributed by atoms with Crippen molar-refractivity contribution in [1.82, 2.24) is 5.32 Å². The van der Waals surface area contributed by atoms with Crippen LogP contribution in [0.3, 0.4) is 0 Å². The van der Waals surface area contributed by atoms with Crippen LogP contribution >= 0.6 is 27.5 Å². The average Bonchev–Trinajstić information content (AvgIpc) is 2.28. The van der Waals surface area contributed by atoms with Crippen molar-refractivity contribution in [1.29, 1.82) is 0 Å². The van der Waals surface area contributed by atoms with E-state index in [2.05, 4.69) is 21.2 Å². The molecule has 1 unspecified atom stereocenters. The fourth-order valence-corrected chi connectivity index (χ4v) is 2.30. The molecule has 5 heteroatoms. The number of carbonyl (C=O) groups excluding carboxylic acids is 1. The van der Waals surface area contributed by atoms with Gasteiger partial charge in [-0.05, 0) is 38.0 Å². The first-order valence-electron chi connectivity index (χ1n) is 5.75. The summed E-state index contributed by atoms with van der Waals surface area (Å²) in [6, 6.07) is 4.38. The molecule has 1 amide bonds. The van der Waals surface area contributed by atoms with Gasteiger partial charge in [-0.2, -0.15) is 0 Å². The normalized spacial score (nSPS) is 14.1. The summed E-state index contributed by atoms with van der Waals surface area (Å²) in [5.74, 6) is -0.492. The van der Waals surface area contributed by atoms with Gasteiger partial charge in [-0.15, -0.1) is 11.6 Å². The summed E-state index contributed by atoms with van der Waals surface area (Å²) in [5, 5.41) is 2.84. The van der Waals surface area contributed by atoms with Crippen LogP contribution in [0.25, 0.3) is 0 Å². The fraction of sp³-hybridized carbons (Fsp3) is 0.462. The van der Waals surface area contributed by atoms with E-state index in [-0.39, 0.29) is 5.56 Å². The van der Waals surface area contributed by atoms with E-state index in [9.17, 15) is 9.18 Å². The molecular weight excluding hydrogens is 321 g/mol. The zero-order valence-electron chi connectivity index (χ0n) is 10.4. The molecule has 1 aromatic rings. The Morgan fingerprint density at radius 3 is 2.72 bits per heavy atom. The van der Waals surface area contributed by atoms with Crippen LogP contribution in [0.1, 0.15) is 37.0 Å². The van der Waals surface area contributed by atoms with Gasteiger partial charge in [-0.25, -0.2) is 4.39 Å². The third-order valence-electron chi connectivity index (χ3n) is 3.02. The molecule has 0 aliphatic heterocycles. The standard InChI is InChI=1S/C13H16BrClFNO/c1-3-13(2,6-7-15)17-12(18)10-5-4-9(14)8-11(10)16/h4-5,8H,3,6-7H2,1-2H3,(H,17,18). The minimum absolute atomic E-state index is 0.0486. The lowest BCUT2D eigenvalue weighted by atomic mass is 9.95. The van der Waals surface area contributed by atoms with Gasteiger partial charge >= 0.3 is 0 Å². The molecule has 100 valence electrons. The summed E-state index contributed by atoms with van der Waals surface area (Å²) in [6.45, 7) is 3.87. The lowest BCUT2D eigenvalue weighted by Gasteiger charge is -2.29. The molecule has 2 nitrogen and oxygen atoms in total. The molecule has 1 atom stereocenters. The van der Waals surface area contributed by atoms with Gasteiger partial charge in [-0.3, -0.25) is 4.79 Å². The SMILES string of the molecule is CCC(C)(CCCl)NC(=O)c1ccc(Br)cc1F. The van der Waals surface area contributed by atoms with E-state index in [1.807, 2.05) is 13.8 Å². The minimum Gasteiger partial charge on any atom is -0.347 e. The monoisotopic (exact) mass is 335 g/mol. The number of benzene rings is 1. The second-order valence-electron chi connectivity index (χ2n) is 4.43. The van der Waals surface area contributed by atoms with Crippen molar-refractivity contribution in [3.05, 3.63) is 34.1 Å². The number of rotatable bonds is 5. The van der Waals surface area contributed by atoms with E-state index in [1.54, 1.807) is 6.07 Å². The van der Waals surface area contributed by atoms with Gasteiger partial charge in [0.2, 0.25) is 0 Å². The van der Waals surface area contributed by atoms with Crippen LogP contribution in [0.5, 0.6) is 0 Å². The molecule has 0 fully saturated rings. The predicted octanol–water partition coefficient (Wildman–Crippen LogP) is 4.12. The Labute approximate surface area is 120 Å². The number of alkyl halides is 1. The topological polar surface area (TPSA) is 29.1 Å². The van der Waals surface area contributed by atoms with Crippen LogP contribution < -0.4 is 5.32 Å². The van der Waals surface area contributed by atoms with Gasteiger partial charge in [0.25, 0.3) is 5.91 Å². The predicted molar refractivity (Wildman–Crippen MR) is 75.6 cm³/mol. The van der Waals surface area contributed by atoms with E-state index in [4.69, 9.17) is 11.6 Å². The Bertz CT molecular complexity index is 441. The maximum Gasteiger partial charge on any atom is 0.254 e. The first kappa shape index (κ1) is 15.4. The third kappa shape index (κ3) is 3.95. The molecule has 0 saturated heterocycles. The summed E-state index contributed by atoms with van der Waals surface area (Å²) in [4.78, 5) is 12.0. The van der Waals surface area contributed by atoms with Gasteiger partial charge in [0, 0.05) is 15.9 Å². The van der Waals surface area contributed by atoms with Crippen molar-refractivity contribution in [3.63, 3.8) is 0 Å². The van der Waals surface area contributed by atoms with E-state index >= 15 is 0 Å². The number of carbonyl (C=O) groups is 1. The Balaban J connectivity index is 2.87. The van der Waals surface area contributed by atoms with E-state index < -0.39 is 17.3 Å². The van der Waals surface area contributed by atoms with Crippen LogP contribution in [-0.2, 0) is 0 Å². The fourth-order valence-electron chi connectivity index (χ4n) is 1.55. The van der Waals surface area contributed by atoms with E-state index in [0.717, 1.165) is 6.42 Å². The zero-order chi connectivity index (χ0) is 13.8. The zero-order valence-corrected chi connectivity index (χ0v) is 12.7. The highest BCUT2D eigenvalue weighted by atomic mass is 79.9. The molecule has 0 bridgehead atoms. The van der Waals surface area contributed by atoms with Crippen molar-refractivity contribution in [2.24, 2.45) is 0 Å². The molecule has 0 aliphatic rings. The minimum atomic E-state index is -0.536. The number of hydrogen-bond acceptors (Lipinski definition) is 1. The maximum atomic E-state index is 13.6. The van der Waals surface area contributed by atoms with Crippen LogP contribution in [0.2, 0.25) is 0 Å². The summed E-state index contributed by atoms with van der Waals surface area (Å²) < 4.78 is 14.3. The van der Waals surface area contributed by atoms with Crippen molar-refractivity contribution >= 4 is 33.4 Å². The van der Waals surface area contributed by atoms with Crippen molar-refractivity contribution < 1.29 is 9.18 Å². The van der Waals surface area contributed by atoms with E-state index in [0.29, 0.717) is 16.8 Å². The van der Waals surface area contributed by atoms with Gasteiger partial charge < -0.3 is 5.32 Å². The van der Waals surface area contributed by atoms with Crippen LogP contribution in [0.15, 0.2) is 22.7 Å². The lowest BCUT2D eigenvalue weighted by Crippen LogP contribution is -2.46. The smallest absolute Gasteiger partial charge is 0.254 e. The Hall–Kier alpha value is -0.610. The molecule has 0 heterocycles. The molecule has 0 spiro atoms. The van der Waals surface area contributed by atoms with Crippen LogP contribution in [-0.4, -0.2) is 17.3 Å². The highest BCUT2D eigenvalue weighted by Gasteiger charge is 2.25. The van der Waals surface area contributed by atoms with Crippen LogP contribution in [0.4, 0.5) is 4.39 Å². The van der Waals surface area contributed by atoms with Gasteiger partial charge in [-0.1, -0.05) is 22.9 Å². The second-order valence-corrected chi connectivity index (χ2v) is 5.73. The van der Waals surface area contributed by atoms with Crippen molar-refractivity contribution in [2.45, 2.75) is 32.2 Å². The molecule has 1 N–H and O–H groups in total. The Kier molecular flexibility index (Phi) is 5.60. The van der Waals surface area contributed by atoms with Crippen molar-refractivity contribution in [2.75, 3.05) is 5.88 Å². The molecule has 0 aliphatic carbocycles. The van der Waals surface area contributed by atoms with Gasteiger partial charge in [0.15, 0.2) is 0 Å². The molecule has 18 heavy (non-hydrogen) atoms. The number of hydrogen-bond donors (Lipinski definition) is 1. The summed E-state index contributed by atoms with van der Waals surface area (Å²) in [6.07, 6.45) is 1.39. The molecule has 0 saturated carbocycles. The van der Waals surface area contributed by atoms with Crippen molar-refractivity contribution in [3.8, 4) is 0 Å². The molecule has 0 aromatic heterocycles. The third-order valence-corrected chi connectivity index (χ3v) is 3.70.